The molecule has 116 valence electrons. The van der Waals surface area contributed by atoms with Crippen LogP contribution >= 0.6 is 11.6 Å². The van der Waals surface area contributed by atoms with E-state index in [1.807, 2.05) is 11.6 Å². The van der Waals surface area contributed by atoms with E-state index in [1.54, 1.807) is 7.11 Å². The highest BCUT2D eigenvalue weighted by molar-refractivity contribution is 6.31. The highest BCUT2D eigenvalue weighted by atomic mass is 35.5. The third kappa shape index (κ3) is 4.21. The largest absolute Gasteiger partial charge is 0.380 e. The smallest absolute Gasteiger partial charge is 0.0847 e. The number of rotatable bonds is 9. The first-order chi connectivity index (χ1) is 9.58. The summed E-state index contributed by atoms with van der Waals surface area (Å²) in [4.78, 5) is 0. The molecule has 1 aromatic rings. The molecule has 0 radical (unpaired) electrons. The molecule has 5 heteroatoms. The summed E-state index contributed by atoms with van der Waals surface area (Å²) < 4.78 is 7.66. The lowest BCUT2D eigenvalue weighted by Crippen LogP contribution is -2.43. The van der Waals surface area contributed by atoms with Gasteiger partial charge in [0.15, 0.2) is 0 Å². The molecule has 1 heterocycles. The van der Waals surface area contributed by atoms with E-state index < -0.39 is 0 Å². The summed E-state index contributed by atoms with van der Waals surface area (Å²) >= 11 is 6.41. The summed E-state index contributed by atoms with van der Waals surface area (Å²) in [6, 6.07) is 0.267. The summed E-state index contributed by atoms with van der Waals surface area (Å²) in [5, 5.41) is 8.81. The Bertz CT molecular complexity index is 406. The van der Waals surface area contributed by atoms with Crippen LogP contribution in [0.25, 0.3) is 0 Å². The average molecular weight is 302 g/mol. The van der Waals surface area contributed by atoms with Crippen molar-refractivity contribution in [2.75, 3.05) is 13.7 Å². The molecule has 0 aliphatic heterocycles. The zero-order valence-electron chi connectivity index (χ0n) is 13.4. The fourth-order valence-corrected chi connectivity index (χ4v) is 2.85. The van der Waals surface area contributed by atoms with Gasteiger partial charge in [0, 0.05) is 26.1 Å². The molecule has 0 aliphatic rings. The van der Waals surface area contributed by atoms with E-state index in [9.17, 15) is 0 Å². The van der Waals surface area contributed by atoms with E-state index in [4.69, 9.17) is 16.3 Å². The van der Waals surface area contributed by atoms with Crippen LogP contribution in [0.2, 0.25) is 5.02 Å². The van der Waals surface area contributed by atoms with E-state index in [0.29, 0.717) is 0 Å². The van der Waals surface area contributed by atoms with Crippen molar-refractivity contribution >= 4 is 11.6 Å². The predicted octanol–water partition coefficient (Wildman–Crippen LogP) is 3.20. The van der Waals surface area contributed by atoms with E-state index in [0.717, 1.165) is 48.8 Å². The van der Waals surface area contributed by atoms with Crippen molar-refractivity contribution in [3.63, 3.8) is 0 Å². The number of halogens is 1. The van der Waals surface area contributed by atoms with Crippen LogP contribution in [0.1, 0.15) is 45.0 Å². The van der Waals surface area contributed by atoms with Gasteiger partial charge in [0.1, 0.15) is 0 Å². The Morgan fingerprint density at radius 2 is 2.05 bits per heavy atom. The lowest BCUT2D eigenvalue weighted by molar-refractivity contribution is 0.0608. The zero-order chi connectivity index (χ0) is 15.1. The molecule has 1 aromatic heterocycles. The standard InChI is InChI=1S/C15H28ClN3O/c1-6-9-14(20-5)12(17-7-2)10-13-15(16)11(4)18-19(13)8-3/h12,14,17H,6-10H2,1-5H3. The second-order valence-electron chi connectivity index (χ2n) is 5.09. The first-order valence-corrected chi connectivity index (χ1v) is 7.94. The van der Waals surface area contributed by atoms with Gasteiger partial charge in [-0.15, -0.1) is 0 Å². The number of aromatic nitrogens is 2. The molecule has 0 spiro atoms. The van der Waals surface area contributed by atoms with Gasteiger partial charge >= 0.3 is 0 Å². The highest BCUT2D eigenvalue weighted by Gasteiger charge is 2.24. The molecule has 1 rings (SSSR count). The quantitative estimate of drug-likeness (QED) is 0.761. The molecule has 0 saturated heterocycles. The molecule has 0 amide bonds. The number of hydrogen-bond acceptors (Lipinski definition) is 3. The number of hydrogen-bond donors (Lipinski definition) is 1. The summed E-state index contributed by atoms with van der Waals surface area (Å²) in [5.41, 5.74) is 2.01. The van der Waals surface area contributed by atoms with Gasteiger partial charge in [0.05, 0.1) is 22.5 Å². The Morgan fingerprint density at radius 3 is 2.55 bits per heavy atom. The summed E-state index contributed by atoms with van der Waals surface area (Å²) in [6.45, 7) is 10.1. The lowest BCUT2D eigenvalue weighted by atomic mass is 10.0. The minimum absolute atomic E-state index is 0.205. The minimum atomic E-state index is 0.205. The fraction of sp³-hybridized carbons (Fsp3) is 0.800. The van der Waals surface area contributed by atoms with Crippen LogP contribution in [0.4, 0.5) is 0 Å². The number of aryl methyl sites for hydroxylation is 2. The van der Waals surface area contributed by atoms with Crippen molar-refractivity contribution in [3.8, 4) is 0 Å². The number of ether oxygens (including phenoxy) is 1. The first-order valence-electron chi connectivity index (χ1n) is 7.56. The lowest BCUT2D eigenvalue weighted by Gasteiger charge is -2.27. The molecular weight excluding hydrogens is 274 g/mol. The molecule has 0 bridgehead atoms. The van der Waals surface area contributed by atoms with Crippen molar-refractivity contribution in [1.29, 1.82) is 0 Å². The molecular formula is C15H28ClN3O. The van der Waals surface area contributed by atoms with Crippen molar-refractivity contribution in [2.45, 2.75) is 65.6 Å². The Morgan fingerprint density at radius 1 is 1.35 bits per heavy atom. The van der Waals surface area contributed by atoms with Gasteiger partial charge in [0.2, 0.25) is 0 Å². The highest BCUT2D eigenvalue weighted by Crippen LogP contribution is 2.23. The molecule has 0 aliphatic carbocycles. The van der Waals surface area contributed by atoms with Crippen molar-refractivity contribution < 1.29 is 4.74 Å². The molecule has 2 atom stereocenters. The maximum Gasteiger partial charge on any atom is 0.0847 e. The van der Waals surface area contributed by atoms with Gasteiger partial charge in [-0.05, 0) is 26.8 Å². The van der Waals surface area contributed by atoms with E-state index in [2.05, 4.69) is 31.2 Å². The maximum atomic E-state index is 6.41. The second-order valence-corrected chi connectivity index (χ2v) is 5.47. The number of nitrogens with one attached hydrogen (secondary N) is 1. The fourth-order valence-electron chi connectivity index (χ4n) is 2.64. The number of likely N-dealkylation sites (N-methyl/N-ethyl adjacent to an activating group) is 1. The van der Waals surface area contributed by atoms with Crippen LogP contribution in [0.3, 0.4) is 0 Å². The molecule has 0 aromatic carbocycles. The summed E-state index contributed by atoms with van der Waals surface area (Å²) in [6.07, 6.45) is 3.21. The zero-order valence-corrected chi connectivity index (χ0v) is 14.1. The van der Waals surface area contributed by atoms with E-state index in [-0.39, 0.29) is 12.1 Å². The first kappa shape index (κ1) is 17.5. The van der Waals surface area contributed by atoms with Crippen molar-refractivity contribution in [2.24, 2.45) is 0 Å². The van der Waals surface area contributed by atoms with Gasteiger partial charge in [-0.2, -0.15) is 5.10 Å². The van der Waals surface area contributed by atoms with Crippen LogP contribution in [0.15, 0.2) is 0 Å². The summed E-state index contributed by atoms with van der Waals surface area (Å²) in [5.74, 6) is 0. The normalized spacial score (nSPS) is 14.5. The van der Waals surface area contributed by atoms with Crippen LogP contribution in [-0.2, 0) is 17.7 Å². The minimum Gasteiger partial charge on any atom is -0.380 e. The van der Waals surface area contributed by atoms with Crippen molar-refractivity contribution in [3.05, 3.63) is 16.4 Å². The maximum absolute atomic E-state index is 6.41. The molecule has 20 heavy (non-hydrogen) atoms. The SMILES string of the molecule is CCCC(OC)C(Cc1c(Cl)c(C)nn1CC)NCC. The molecule has 4 nitrogen and oxygen atoms in total. The second kappa shape index (κ2) is 8.65. The number of nitrogens with zero attached hydrogens (tertiary/aromatic N) is 2. The molecule has 0 saturated carbocycles. The number of methoxy groups -OCH3 is 1. The van der Waals surface area contributed by atoms with Crippen LogP contribution < -0.4 is 5.32 Å². The van der Waals surface area contributed by atoms with E-state index in [1.165, 1.54) is 0 Å². The Hall–Kier alpha value is -0.580. The average Bonchev–Trinajstić information content (AvgIpc) is 2.72. The monoisotopic (exact) mass is 301 g/mol. The van der Waals surface area contributed by atoms with Crippen LogP contribution in [0, 0.1) is 6.92 Å². The topological polar surface area (TPSA) is 39.1 Å². The Labute approximate surface area is 127 Å². The third-order valence-electron chi connectivity index (χ3n) is 3.66. The van der Waals surface area contributed by atoms with Gasteiger partial charge in [-0.1, -0.05) is 31.9 Å². The third-order valence-corrected chi connectivity index (χ3v) is 4.15. The van der Waals surface area contributed by atoms with Gasteiger partial charge in [0.25, 0.3) is 0 Å². The van der Waals surface area contributed by atoms with E-state index >= 15 is 0 Å². The van der Waals surface area contributed by atoms with Gasteiger partial charge in [-0.3, -0.25) is 4.68 Å². The van der Waals surface area contributed by atoms with Crippen molar-refractivity contribution in [1.82, 2.24) is 15.1 Å². The van der Waals surface area contributed by atoms with Gasteiger partial charge < -0.3 is 10.1 Å². The van der Waals surface area contributed by atoms with Crippen LogP contribution in [-0.4, -0.2) is 35.6 Å². The Balaban J connectivity index is 2.94. The summed E-state index contributed by atoms with van der Waals surface area (Å²) in [7, 11) is 1.79. The predicted molar refractivity (Wildman–Crippen MR) is 84.5 cm³/mol. The molecule has 2 unspecified atom stereocenters. The molecule has 0 fully saturated rings. The van der Waals surface area contributed by atoms with Gasteiger partial charge in [-0.25, -0.2) is 0 Å². The molecule has 1 N–H and O–H groups in total. The van der Waals surface area contributed by atoms with Crippen LogP contribution in [0.5, 0.6) is 0 Å². The Kier molecular flexibility index (Phi) is 7.56.